The summed E-state index contributed by atoms with van der Waals surface area (Å²) >= 11 is 3.26. The van der Waals surface area contributed by atoms with Crippen LogP contribution in [0, 0.1) is 5.82 Å². The summed E-state index contributed by atoms with van der Waals surface area (Å²) in [5, 5.41) is 0. The Labute approximate surface area is 116 Å². The monoisotopic (exact) mass is 324 g/mol. The molecule has 2 aromatic rings. The molecule has 6 heteroatoms. The van der Waals surface area contributed by atoms with Gasteiger partial charge in [-0.25, -0.2) is 4.39 Å². The van der Waals surface area contributed by atoms with E-state index >= 15 is 0 Å². The van der Waals surface area contributed by atoms with Gasteiger partial charge in [0.2, 0.25) is 5.88 Å². The first kappa shape index (κ1) is 12.3. The maximum absolute atomic E-state index is 13.2. The minimum atomic E-state index is -0.412. The standard InChI is InChI=1S/C13H10BrFN2O2/c14-9-4-3-8(15)5-10(9)19-12-6-11(18)16-13(17-12)7-1-2-7/h3-7H,1-2H2,(H,16,17,18). The lowest BCUT2D eigenvalue weighted by molar-refractivity contribution is 0.450. The normalized spacial score (nSPS) is 14.4. The van der Waals surface area contributed by atoms with Crippen LogP contribution >= 0.6 is 15.9 Å². The lowest BCUT2D eigenvalue weighted by Gasteiger charge is -2.07. The van der Waals surface area contributed by atoms with E-state index in [4.69, 9.17) is 4.74 Å². The molecule has 1 aliphatic carbocycles. The van der Waals surface area contributed by atoms with E-state index in [1.54, 1.807) is 6.07 Å². The van der Waals surface area contributed by atoms with Crippen LogP contribution in [0.3, 0.4) is 0 Å². The van der Waals surface area contributed by atoms with E-state index in [-0.39, 0.29) is 11.4 Å². The Balaban J connectivity index is 1.94. The van der Waals surface area contributed by atoms with Crippen LogP contribution in [-0.4, -0.2) is 9.97 Å². The van der Waals surface area contributed by atoms with Crippen molar-refractivity contribution in [3.05, 3.63) is 50.7 Å². The van der Waals surface area contributed by atoms with Crippen LogP contribution in [0.5, 0.6) is 11.6 Å². The number of rotatable bonds is 3. The largest absolute Gasteiger partial charge is 0.437 e. The summed E-state index contributed by atoms with van der Waals surface area (Å²) < 4.78 is 19.2. The molecule has 0 spiro atoms. The molecule has 1 aromatic heterocycles. The summed E-state index contributed by atoms with van der Waals surface area (Å²) in [6.45, 7) is 0. The number of hydrogen-bond acceptors (Lipinski definition) is 3. The van der Waals surface area contributed by atoms with Crippen LogP contribution in [0.1, 0.15) is 24.6 Å². The fourth-order valence-electron chi connectivity index (χ4n) is 1.72. The molecule has 0 radical (unpaired) electrons. The van der Waals surface area contributed by atoms with Gasteiger partial charge in [-0.05, 0) is 40.9 Å². The first-order chi connectivity index (χ1) is 9.11. The molecule has 0 unspecified atom stereocenters. The lowest BCUT2D eigenvalue weighted by Crippen LogP contribution is -2.10. The van der Waals surface area contributed by atoms with Crippen molar-refractivity contribution in [3.63, 3.8) is 0 Å². The van der Waals surface area contributed by atoms with Crippen LogP contribution in [0.2, 0.25) is 0 Å². The van der Waals surface area contributed by atoms with Gasteiger partial charge >= 0.3 is 0 Å². The third-order valence-electron chi connectivity index (χ3n) is 2.81. The number of nitrogens with one attached hydrogen (secondary N) is 1. The number of ether oxygens (including phenoxy) is 1. The molecular weight excluding hydrogens is 315 g/mol. The quantitative estimate of drug-likeness (QED) is 0.942. The van der Waals surface area contributed by atoms with Crippen molar-refractivity contribution in [2.45, 2.75) is 18.8 Å². The Morgan fingerprint density at radius 1 is 1.37 bits per heavy atom. The Morgan fingerprint density at radius 2 is 2.16 bits per heavy atom. The maximum atomic E-state index is 13.2. The fourth-order valence-corrected chi connectivity index (χ4v) is 2.05. The Hall–Kier alpha value is -1.69. The Kier molecular flexibility index (Phi) is 3.10. The van der Waals surface area contributed by atoms with Gasteiger partial charge in [-0.2, -0.15) is 4.98 Å². The highest BCUT2D eigenvalue weighted by Gasteiger charge is 2.26. The molecule has 0 saturated heterocycles. The molecule has 1 saturated carbocycles. The first-order valence-electron chi connectivity index (χ1n) is 5.86. The van der Waals surface area contributed by atoms with Gasteiger partial charge in [0.25, 0.3) is 5.56 Å². The van der Waals surface area contributed by atoms with E-state index in [2.05, 4.69) is 25.9 Å². The zero-order valence-corrected chi connectivity index (χ0v) is 11.4. The van der Waals surface area contributed by atoms with Crippen LogP contribution in [0.25, 0.3) is 0 Å². The molecule has 3 rings (SSSR count). The molecule has 19 heavy (non-hydrogen) atoms. The number of H-pyrrole nitrogens is 1. The van der Waals surface area contributed by atoms with Crippen molar-refractivity contribution in [3.8, 4) is 11.6 Å². The molecule has 1 aromatic carbocycles. The minimum Gasteiger partial charge on any atom is -0.437 e. The zero-order chi connectivity index (χ0) is 13.4. The molecule has 0 aliphatic heterocycles. The van der Waals surface area contributed by atoms with Crippen molar-refractivity contribution in [1.29, 1.82) is 0 Å². The molecule has 0 amide bonds. The summed E-state index contributed by atoms with van der Waals surface area (Å²) in [7, 11) is 0. The summed E-state index contributed by atoms with van der Waals surface area (Å²) in [4.78, 5) is 18.5. The van der Waals surface area contributed by atoms with Gasteiger partial charge in [0, 0.05) is 12.0 Å². The summed E-state index contributed by atoms with van der Waals surface area (Å²) in [6.07, 6.45) is 2.05. The molecule has 98 valence electrons. The third kappa shape index (κ3) is 2.84. The van der Waals surface area contributed by atoms with Crippen molar-refractivity contribution in [2.24, 2.45) is 0 Å². The lowest BCUT2D eigenvalue weighted by atomic mass is 10.3. The fraction of sp³-hybridized carbons (Fsp3) is 0.231. The number of aromatic amines is 1. The van der Waals surface area contributed by atoms with E-state index < -0.39 is 5.82 Å². The Morgan fingerprint density at radius 3 is 2.89 bits per heavy atom. The van der Waals surface area contributed by atoms with Gasteiger partial charge in [-0.1, -0.05) is 0 Å². The predicted molar refractivity (Wildman–Crippen MR) is 71.0 cm³/mol. The van der Waals surface area contributed by atoms with Crippen molar-refractivity contribution < 1.29 is 9.13 Å². The van der Waals surface area contributed by atoms with Gasteiger partial charge in [0.15, 0.2) is 0 Å². The second-order valence-electron chi connectivity index (χ2n) is 4.42. The van der Waals surface area contributed by atoms with Crippen molar-refractivity contribution in [2.75, 3.05) is 0 Å². The van der Waals surface area contributed by atoms with Crippen LogP contribution in [0.15, 0.2) is 33.5 Å². The van der Waals surface area contributed by atoms with Crippen LogP contribution in [0.4, 0.5) is 4.39 Å². The Bertz CT molecular complexity index is 683. The number of aromatic nitrogens is 2. The molecule has 1 heterocycles. The molecule has 1 fully saturated rings. The average Bonchev–Trinajstić information content (AvgIpc) is 3.17. The van der Waals surface area contributed by atoms with E-state index in [1.807, 2.05) is 0 Å². The number of nitrogens with zero attached hydrogens (tertiary/aromatic N) is 1. The maximum Gasteiger partial charge on any atom is 0.254 e. The average molecular weight is 325 g/mol. The second-order valence-corrected chi connectivity index (χ2v) is 5.27. The third-order valence-corrected chi connectivity index (χ3v) is 3.46. The highest BCUT2D eigenvalue weighted by Crippen LogP contribution is 2.38. The van der Waals surface area contributed by atoms with Gasteiger partial charge < -0.3 is 9.72 Å². The summed E-state index contributed by atoms with van der Waals surface area (Å²) in [6, 6.07) is 5.35. The first-order valence-corrected chi connectivity index (χ1v) is 6.65. The number of hydrogen-bond donors (Lipinski definition) is 1. The highest BCUT2D eigenvalue weighted by molar-refractivity contribution is 9.10. The number of halogens is 2. The van der Waals surface area contributed by atoms with Crippen molar-refractivity contribution in [1.82, 2.24) is 9.97 Å². The predicted octanol–water partition coefficient (Wildman–Crippen LogP) is 3.34. The van der Waals surface area contributed by atoms with Crippen molar-refractivity contribution >= 4 is 15.9 Å². The SMILES string of the molecule is O=c1cc(Oc2cc(F)ccc2Br)nc(C2CC2)[nH]1. The molecule has 0 bridgehead atoms. The van der Waals surface area contributed by atoms with Gasteiger partial charge in [0.05, 0.1) is 10.5 Å². The molecular formula is C13H10BrFN2O2. The number of benzene rings is 1. The van der Waals surface area contributed by atoms with Gasteiger partial charge in [-0.3, -0.25) is 4.79 Å². The topological polar surface area (TPSA) is 55.0 Å². The van der Waals surface area contributed by atoms with Gasteiger partial charge in [0.1, 0.15) is 17.4 Å². The van der Waals surface area contributed by atoms with Crippen LogP contribution < -0.4 is 10.3 Å². The second kappa shape index (κ2) is 4.77. The summed E-state index contributed by atoms with van der Waals surface area (Å²) in [5.74, 6) is 1.00. The molecule has 4 nitrogen and oxygen atoms in total. The van der Waals surface area contributed by atoms with Crippen LogP contribution in [-0.2, 0) is 0 Å². The molecule has 1 aliphatic rings. The zero-order valence-electron chi connectivity index (χ0n) is 9.82. The highest BCUT2D eigenvalue weighted by atomic mass is 79.9. The van der Waals surface area contributed by atoms with E-state index in [0.29, 0.717) is 22.0 Å². The van der Waals surface area contributed by atoms with E-state index in [0.717, 1.165) is 12.8 Å². The van der Waals surface area contributed by atoms with Gasteiger partial charge in [-0.15, -0.1) is 0 Å². The van der Waals surface area contributed by atoms with E-state index in [9.17, 15) is 9.18 Å². The molecule has 1 N–H and O–H groups in total. The minimum absolute atomic E-state index is 0.178. The molecule has 0 atom stereocenters. The summed E-state index contributed by atoms with van der Waals surface area (Å²) in [5.41, 5.74) is -0.264. The smallest absolute Gasteiger partial charge is 0.254 e. The van der Waals surface area contributed by atoms with E-state index in [1.165, 1.54) is 18.2 Å².